The summed E-state index contributed by atoms with van der Waals surface area (Å²) in [5.74, 6) is 1.83. The highest BCUT2D eigenvalue weighted by Crippen LogP contribution is 2.45. The van der Waals surface area contributed by atoms with Crippen LogP contribution in [0, 0.1) is 0 Å². The van der Waals surface area contributed by atoms with Gasteiger partial charge in [-0.3, -0.25) is 15.1 Å². The minimum atomic E-state index is -0.454. The molecule has 1 saturated heterocycles. The summed E-state index contributed by atoms with van der Waals surface area (Å²) >= 11 is 6.18. The van der Waals surface area contributed by atoms with Gasteiger partial charge in [-0.25, -0.2) is 0 Å². The van der Waals surface area contributed by atoms with Crippen molar-refractivity contribution in [3.8, 4) is 17.2 Å². The lowest BCUT2D eigenvalue weighted by Crippen LogP contribution is -2.48. The van der Waals surface area contributed by atoms with Crippen LogP contribution in [-0.4, -0.2) is 36.6 Å². The monoisotopic (exact) mass is 488 g/mol. The molecule has 0 saturated carbocycles. The van der Waals surface area contributed by atoms with Crippen LogP contribution in [-0.2, 0) is 9.63 Å². The molecule has 178 valence electrons. The van der Waals surface area contributed by atoms with Gasteiger partial charge in [0.25, 0.3) is 0 Å². The van der Waals surface area contributed by atoms with E-state index in [0.717, 1.165) is 33.9 Å². The summed E-state index contributed by atoms with van der Waals surface area (Å²) in [6, 6.07) is 21.2. The summed E-state index contributed by atoms with van der Waals surface area (Å²) < 4.78 is 11.4. The molecular formula is C28H25ClN2O4. The maximum absolute atomic E-state index is 13.8. The van der Waals surface area contributed by atoms with Gasteiger partial charge in [-0.1, -0.05) is 54.1 Å². The summed E-state index contributed by atoms with van der Waals surface area (Å²) in [4.78, 5) is 21.9. The molecule has 0 aliphatic carbocycles. The van der Waals surface area contributed by atoms with E-state index < -0.39 is 5.60 Å². The molecule has 35 heavy (non-hydrogen) atoms. The van der Waals surface area contributed by atoms with E-state index in [4.69, 9.17) is 25.9 Å². The van der Waals surface area contributed by atoms with Crippen LogP contribution in [0.25, 0.3) is 5.70 Å². The molecule has 3 aliphatic heterocycles. The topological polar surface area (TPSA) is 60.0 Å². The number of benzene rings is 3. The summed E-state index contributed by atoms with van der Waals surface area (Å²) in [6.07, 6.45) is 3.52. The maximum atomic E-state index is 13.8. The zero-order valence-corrected chi connectivity index (χ0v) is 20.0. The van der Waals surface area contributed by atoms with Crippen molar-refractivity contribution >= 4 is 23.2 Å². The third-order valence-electron chi connectivity index (χ3n) is 7.08. The largest absolute Gasteiger partial charge is 0.495 e. The van der Waals surface area contributed by atoms with Crippen LogP contribution in [0.4, 0.5) is 0 Å². The van der Waals surface area contributed by atoms with E-state index >= 15 is 0 Å². The molecule has 3 aromatic carbocycles. The smallest absolute Gasteiger partial charge is 0.234 e. The van der Waals surface area contributed by atoms with Gasteiger partial charge >= 0.3 is 0 Å². The number of halogens is 1. The van der Waals surface area contributed by atoms with Crippen LogP contribution in [0.15, 0.2) is 72.8 Å². The number of methoxy groups -OCH3 is 1. The molecule has 1 N–H and O–H groups in total. The molecule has 0 radical (unpaired) electrons. The molecule has 6 rings (SSSR count). The second-order valence-electron chi connectivity index (χ2n) is 9.11. The fourth-order valence-electron chi connectivity index (χ4n) is 5.16. The molecule has 3 aromatic rings. The lowest BCUT2D eigenvalue weighted by Gasteiger charge is -2.39. The van der Waals surface area contributed by atoms with Crippen LogP contribution >= 0.6 is 11.6 Å². The Morgan fingerprint density at radius 2 is 1.69 bits per heavy atom. The van der Waals surface area contributed by atoms with E-state index in [-0.39, 0.29) is 11.8 Å². The third kappa shape index (κ3) is 3.83. The molecule has 0 aromatic heterocycles. The van der Waals surface area contributed by atoms with Crippen molar-refractivity contribution in [3.63, 3.8) is 0 Å². The number of para-hydroxylation sites is 2. The highest BCUT2D eigenvalue weighted by atomic mass is 35.5. The van der Waals surface area contributed by atoms with Crippen LogP contribution < -0.4 is 15.0 Å². The van der Waals surface area contributed by atoms with Crippen LogP contribution in [0.2, 0.25) is 5.02 Å². The summed E-state index contributed by atoms with van der Waals surface area (Å²) in [5, 5.41) is 0.563. The first-order valence-corrected chi connectivity index (χ1v) is 12.1. The molecule has 1 amide bonds. The number of likely N-dealkylation sites (tertiary alicyclic amines) is 1. The number of hydroxylamine groups is 1. The highest BCUT2D eigenvalue weighted by molar-refractivity contribution is 6.32. The SMILES string of the molecule is COc1cc(C2=CC3(CCN(C(=O)C4c5ccccc5Oc5ccccc54)CC3)ON2)ccc1Cl. The minimum absolute atomic E-state index is 0.0978. The Balaban J connectivity index is 1.22. The predicted molar refractivity (Wildman–Crippen MR) is 134 cm³/mol. The number of nitrogens with one attached hydrogen (secondary N) is 1. The fourth-order valence-corrected chi connectivity index (χ4v) is 5.35. The number of ether oxygens (including phenoxy) is 2. The van der Waals surface area contributed by atoms with Gasteiger partial charge in [0.2, 0.25) is 5.91 Å². The van der Waals surface area contributed by atoms with E-state index in [2.05, 4.69) is 11.6 Å². The average molecular weight is 489 g/mol. The van der Waals surface area contributed by atoms with Gasteiger partial charge in [0.15, 0.2) is 0 Å². The number of amides is 1. The lowest BCUT2D eigenvalue weighted by atomic mass is 9.85. The van der Waals surface area contributed by atoms with Crippen molar-refractivity contribution in [2.45, 2.75) is 24.4 Å². The molecule has 3 heterocycles. The molecule has 0 bridgehead atoms. The van der Waals surface area contributed by atoms with Gasteiger partial charge in [0.1, 0.15) is 22.8 Å². The lowest BCUT2D eigenvalue weighted by molar-refractivity contribution is -0.137. The summed E-state index contributed by atoms with van der Waals surface area (Å²) in [7, 11) is 1.60. The second kappa shape index (κ2) is 8.63. The Bertz CT molecular complexity index is 1280. The molecule has 0 unspecified atom stereocenters. The number of rotatable bonds is 3. The van der Waals surface area contributed by atoms with Crippen molar-refractivity contribution in [1.82, 2.24) is 10.4 Å². The zero-order valence-electron chi connectivity index (χ0n) is 19.3. The quantitative estimate of drug-likeness (QED) is 0.525. The van der Waals surface area contributed by atoms with Crippen LogP contribution in [0.5, 0.6) is 17.2 Å². The summed E-state index contributed by atoms with van der Waals surface area (Å²) in [5.41, 5.74) is 6.27. The molecule has 7 heteroatoms. The van der Waals surface area contributed by atoms with Gasteiger partial charge in [-0.2, -0.15) is 0 Å². The van der Waals surface area contributed by atoms with E-state index in [1.165, 1.54) is 0 Å². The van der Waals surface area contributed by atoms with Gasteiger partial charge in [-0.05, 0) is 30.3 Å². The Hall–Kier alpha value is -3.48. The van der Waals surface area contributed by atoms with Crippen molar-refractivity contribution in [2.24, 2.45) is 0 Å². The number of piperidine rings is 1. The number of carbonyl (C=O) groups is 1. The second-order valence-corrected chi connectivity index (χ2v) is 9.52. The maximum Gasteiger partial charge on any atom is 0.234 e. The first-order valence-electron chi connectivity index (χ1n) is 11.7. The Morgan fingerprint density at radius 3 is 2.34 bits per heavy atom. The average Bonchev–Trinajstić information content (AvgIpc) is 3.31. The summed E-state index contributed by atoms with van der Waals surface area (Å²) in [6.45, 7) is 1.21. The first kappa shape index (κ1) is 22.0. The van der Waals surface area contributed by atoms with Crippen molar-refractivity contribution in [2.75, 3.05) is 20.2 Å². The molecule has 1 fully saturated rings. The molecule has 3 aliphatic rings. The number of hydrogen-bond acceptors (Lipinski definition) is 5. The van der Waals surface area contributed by atoms with Gasteiger partial charge in [0, 0.05) is 42.6 Å². The molecule has 1 spiro atoms. The minimum Gasteiger partial charge on any atom is -0.495 e. The number of nitrogens with zero attached hydrogens (tertiary/aromatic N) is 1. The van der Waals surface area contributed by atoms with E-state index in [9.17, 15) is 4.79 Å². The first-order chi connectivity index (χ1) is 17.1. The normalized spacial score (nSPS) is 18.2. The number of hydrogen-bond donors (Lipinski definition) is 1. The molecule has 0 atom stereocenters. The third-order valence-corrected chi connectivity index (χ3v) is 7.39. The predicted octanol–water partition coefficient (Wildman–Crippen LogP) is 5.52. The zero-order chi connectivity index (χ0) is 24.0. The van der Waals surface area contributed by atoms with Gasteiger partial charge in [0.05, 0.1) is 23.7 Å². The van der Waals surface area contributed by atoms with E-state index in [1.807, 2.05) is 71.6 Å². The number of fused-ring (bicyclic) bond motifs is 2. The van der Waals surface area contributed by atoms with Crippen LogP contribution in [0.1, 0.15) is 35.4 Å². The van der Waals surface area contributed by atoms with Crippen molar-refractivity contribution in [1.29, 1.82) is 0 Å². The van der Waals surface area contributed by atoms with E-state index in [0.29, 0.717) is 36.7 Å². The van der Waals surface area contributed by atoms with Gasteiger partial charge < -0.3 is 14.4 Å². The number of carbonyl (C=O) groups excluding carboxylic acids is 1. The van der Waals surface area contributed by atoms with Crippen LogP contribution in [0.3, 0.4) is 0 Å². The highest BCUT2D eigenvalue weighted by Gasteiger charge is 2.42. The molecule has 6 nitrogen and oxygen atoms in total. The van der Waals surface area contributed by atoms with E-state index in [1.54, 1.807) is 7.11 Å². The Morgan fingerprint density at radius 1 is 1.03 bits per heavy atom. The standard InChI is InChI=1S/C28H25ClN2O4/c1-33-25-16-18(10-11-21(25)29)22-17-28(35-30-22)12-14-31(15-13-28)27(32)26-19-6-2-4-8-23(19)34-24-9-5-3-7-20(24)26/h2-11,16-17,26,30H,12-15H2,1H3. The fraction of sp³-hybridized carbons (Fsp3) is 0.250. The van der Waals surface area contributed by atoms with Crippen molar-refractivity contribution in [3.05, 3.63) is 94.5 Å². The Labute approximate surface area is 209 Å². The Kier molecular flexibility index (Phi) is 5.43. The molecular weight excluding hydrogens is 464 g/mol. The van der Waals surface area contributed by atoms with Crippen molar-refractivity contribution < 1.29 is 19.1 Å². The van der Waals surface area contributed by atoms with Gasteiger partial charge in [-0.15, -0.1) is 0 Å².